The molecule has 176 valence electrons. The van der Waals surface area contributed by atoms with E-state index in [-0.39, 0.29) is 23.1 Å². The number of amides is 1. The Labute approximate surface area is 198 Å². The van der Waals surface area contributed by atoms with E-state index < -0.39 is 21.9 Å². The fourth-order valence-corrected chi connectivity index (χ4v) is 5.62. The first kappa shape index (κ1) is 23.3. The lowest BCUT2D eigenvalue weighted by atomic mass is 10.1. The van der Waals surface area contributed by atoms with Crippen LogP contribution in [0.4, 0.5) is 11.4 Å². The topological polar surface area (TPSA) is 102 Å². The Bertz CT molecular complexity index is 1340. The number of nitrogens with zero attached hydrogens (tertiary/aromatic N) is 1. The van der Waals surface area contributed by atoms with Crippen LogP contribution in [0.2, 0.25) is 0 Å². The molecule has 0 fully saturated rings. The molecular formula is C25H24N2O6S. The number of hydrogen-bond acceptors (Lipinski definition) is 6. The maximum atomic E-state index is 13.5. The normalized spacial score (nSPS) is 14.9. The third-order valence-corrected chi connectivity index (χ3v) is 7.40. The molecule has 1 aliphatic rings. The van der Waals surface area contributed by atoms with Gasteiger partial charge in [-0.25, -0.2) is 13.2 Å². The van der Waals surface area contributed by atoms with E-state index in [4.69, 9.17) is 4.74 Å². The number of anilines is 2. The molecule has 1 heterocycles. The van der Waals surface area contributed by atoms with Crippen molar-refractivity contribution in [1.29, 1.82) is 0 Å². The second-order valence-corrected chi connectivity index (χ2v) is 9.67. The van der Waals surface area contributed by atoms with E-state index in [1.54, 1.807) is 42.5 Å². The van der Waals surface area contributed by atoms with Crippen LogP contribution >= 0.6 is 0 Å². The van der Waals surface area contributed by atoms with Crippen LogP contribution in [0.25, 0.3) is 0 Å². The first-order valence-electron chi connectivity index (χ1n) is 10.6. The van der Waals surface area contributed by atoms with Gasteiger partial charge in [-0.1, -0.05) is 30.3 Å². The molecule has 1 aliphatic heterocycles. The van der Waals surface area contributed by atoms with Crippen molar-refractivity contribution >= 4 is 33.3 Å². The van der Waals surface area contributed by atoms with Gasteiger partial charge in [0.1, 0.15) is 5.75 Å². The van der Waals surface area contributed by atoms with Crippen LogP contribution in [0.3, 0.4) is 0 Å². The fraction of sp³-hybridized carbons (Fsp3) is 0.200. The summed E-state index contributed by atoms with van der Waals surface area (Å²) in [7, 11) is -2.60. The standard InChI is InChI=1S/C25H24N2O6S/c1-17-13-18-7-3-4-12-23(18)27(17)34(30,31)22-11-5-8-19(14-22)25(29)26-20-9-6-10-21(15-20)33-16-24(28)32-2/h3-12,14-15,17H,13,16H2,1-2H3,(H,26,29). The Hall–Kier alpha value is -3.85. The molecule has 1 atom stereocenters. The Morgan fingerprint density at radius 3 is 2.59 bits per heavy atom. The van der Waals surface area contributed by atoms with Gasteiger partial charge in [0.2, 0.25) is 0 Å². The van der Waals surface area contributed by atoms with Gasteiger partial charge in [0.05, 0.1) is 17.7 Å². The number of rotatable bonds is 7. The van der Waals surface area contributed by atoms with Crippen LogP contribution in [0.5, 0.6) is 5.75 Å². The molecule has 9 heteroatoms. The number of hydrogen-bond donors (Lipinski definition) is 1. The molecule has 34 heavy (non-hydrogen) atoms. The number of para-hydroxylation sites is 1. The van der Waals surface area contributed by atoms with Gasteiger partial charge in [-0.3, -0.25) is 9.10 Å². The largest absolute Gasteiger partial charge is 0.482 e. The first-order valence-corrected chi connectivity index (χ1v) is 12.1. The third kappa shape index (κ3) is 4.74. The highest BCUT2D eigenvalue weighted by molar-refractivity contribution is 7.92. The maximum Gasteiger partial charge on any atom is 0.343 e. The molecule has 1 N–H and O–H groups in total. The zero-order valence-corrected chi connectivity index (χ0v) is 19.5. The van der Waals surface area contributed by atoms with Crippen LogP contribution in [0.1, 0.15) is 22.8 Å². The van der Waals surface area contributed by atoms with Crippen molar-refractivity contribution in [1.82, 2.24) is 0 Å². The predicted octanol–water partition coefficient (Wildman–Crippen LogP) is 3.63. The molecule has 3 aromatic carbocycles. The molecule has 0 saturated carbocycles. The smallest absolute Gasteiger partial charge is 0.343 e. The fourth-order valence-electron chi connectivity index (χ4n) is 3.88. The lowest BCUT2D eigenvalue weighted by Gasteiger charge is -2.24. The highest BCUT2D eigenvalue weighted by Gasteiger charge is 2.36. The van der Waals surface area contributed by atoms with Crippen LogP contribution in [0, 0.1) is 0 Å². The average Bonchev–Trinajstić information content (AvgIpc) is 3.19. The molecule has 0 aliphatic carbocycles. The molecule has 1 amide bonds. The number of carbonyl (C=O) groups excluding carboxylic acids is 2. The number of benzene rings is 3. The van der Waals surface area contributed by atoms with Gasteiger partial charge in [0, 0.05) is 23.4 Å². The van der Waals surface area contributed by atoms with E-state index in [0.29, 0.717) is 23.5 Å². The molecular weight excluding hydrogens is 456 g/mol. The Balaban J connectivity index is 1.54. The Kier molecular flexibility index (Phi) is 6.56. The molecule has 0 saturated heterocycles. The minimum atomic E-state index is -3.87. The summed E-state index contributed by atoms with van der Waals surface area (Å²) < 4.78 is 38.2. The van der Waals surface area contributed by atoms with Gasteiger partial charge in [-0.2, -0.15) is 0 Å². The lowest BCUT2D eigenvalue weighted by Crippen LogP contribution is -2.35. The van der Waals surface area contributed by atoms with Crippen molar-refractivity contribution in [3.8, 4) is 5.75 Å². The van der Waals surface area contributed by atoms with Crippen molar-refractivity contribution in [2.75, 3.05) is 23.3 Å². The molecule has 0 bridgehead atoms. The van der Waals surface area contributed by atoms with Crippen molar-refractivity contribution in [3.63, 3.8) is 0 Å². The summed E-state index contributed by atoms with van der Waals surface area (Å²) in [6.07, 6.45) is 0.629. The monoisotopic (exact) mass is 480 g/mol. The third-order valence-electron chi connectivity index (χ3n) is 5.47. The Morgan fingerprint density at radius 2 is 1.79 bits per heavy atom. The van der Waals surface area contributed by atoms with Crippen molar-refractivity contribution in [2.45, 2.75) is 24.3 Å². The first-order chi connectivity index (χ1) is 16.3. The number of ether oxygens (including phenoxy) is 2. The highest BCUT2D eigenvalue weighted by atomic mass is 32.2. The van der Waals surface area contributed by atoms with Crippen LogP contribution in [-0.4, -0.2) is 40.1 Å². The summed E-state index contributed by atoms with van der Waals surface area (Å²) in [5, 5.41) is 2.73. The van der Waals surface area contributed by atoms with E-state index in [9.17, 15) is 18.0 Å². The second-order valence-electron chi connectivity index (χ2n) is 7.86. The van der Waals surface area contributed by atoms with Crippen molar-refractivity contribution < 1.29 is 27.5 Å². The molecule has 0 spiro atoms. The minimum Gasteiger partial charge on any atom is -0.482 e. The Morgan fingerprint density at radius 1 is 1.03 bits per heavy atom. The van der Waals surface area contributed by atoms with Crippen molar-refractivity contribution in [2.24, 2.45) is 0 Å². The summed E-state index contributed by atoms with van der Waals surface area (Å²) in [6, 6.07) is 19.7. The molecule has 3 aromatic rings. The summed E-state index contributed by atoms with van der Waals surface area (Å²) in [4.78, 5) is 24.2. The quantitative estimate of drug-likeness (QED) is 0.518. The van der Waals surface area contributed by atoms with Gasteiger partial charge in [-0.15, -0.1) is 0 Å². The summed E-state index contributed by atoms with van der Waals surface area (Å²) >= 11 is 0. The van der Waals surface area contributed by atoms with Crippen LogP contribution < -0.4 is 14.4 Å². The minimum absolute atomic E-state index is 0.0406. The van der Waals surface area contributed by atoms with E-state index >= 15 is 0 Å². The number of nitrogens with one attached hydrogen (secondary N) is 1. The predicted molar refractivity (Wildman–Crippen MR) is 128 cm³/mol. The van der Waals surface area contributed by atoms with Crippen LogP contribution in [0.15, 0.2) is 77.7 Å². The van der Waals surface area contributed by atoms with Gasteiger partial charge in [0.25, 0.3) is 15.9 Å². The van der Waals surface area contributed by atoms with E-state index in [2.05, 4.69) is 10.1 Å². The summed E-state index contributed by atoms with van der Waals surface area (Å²) in [5.74, 6) is -0.624. The van der Waals surface area contributed by atoms with Crippen LogP contribution in [-0.2, 0) is 26.0 Å². The number of carbonyl (C=O) groups is 2. The van der Waals surface area contributed by atoms with E-state index in [1.807, 2.05) is 25.1 Å². The number of esters is 1. The zero-order valence-electron chi connectivity index (χ0n) is 18.7. The van der Waals surface area contributed by atoms with Crippen molar-refractivity contribution in [3.05, 3.63) is 83.9 Å². The molecule has 1 unspecified atom stereocenters. The second kappa shape index (κ2) is 9.56. The molecule has 8 nitrogen and oxygen atoms in total. The molecule has 4 rings (SSSR count). The highest BCUT2D eigenvalue weighted by Crippen LogP contribution is 2.36. The van der Waals surface area contributed by atoms with E-state index in [1.165, 1.54) is 23.5 Å². The average molecular weight is 481 g/mol. The molecule has 0 aromatic heterocycles. The number of sulfonamides is 1. The van der Waals surface area contributed by atoms with Gasteiger partial charge < -0.3 is 14.8 Å². The van der Waals surface area contributed by atoms with Gasteiger partial charge in [-0.05, 0) is 55.3 Å². The van der Waals surface area contributed by atoms with E-state index in [0.717, 1.165) is 5.56 Å². The maximum absolute atomic E-state index is 13.5. The number of methoxy groups -OCH3 is 1. The summed E-state index contributed by atoms with van der Waals surface area (Å²) in [6.45, 7) is 1.61. The van der Waals surface area contributed by atoms with Gasteiger partial charge >= 0.3 is 5.97 Å². The summed E-state index contributed by atoms with van der Waals surface area (Å²) in [5.41, 5.74) is 2.26. The van der Waals surface area contributed by atoms with Gasteiger partial charge in [0.15, 0.2) is 6.61 Å². The SMILES string of the molecule is COC(=O)COc1cccc(NC(=O)c2cccc(S(=O)(=O)N3c4ccccc4CC3C)c2)c1. The number of fused-ring (bicyclic) bond motifs is 1. The lowest BCUT2D eigenvalue weighted by molar-refractivity contribution is -0.142. The molecule has 0 radical (unpaired) electrons. The zero-order chi connectivity index (χ0) is 24.3.